The van der Waals surface area contributed by atoms with Crippen molar-refractivity contribution in [2.75, 3.05) is 14.2 Å². The number of nitrogens with zero attached hydrogens (tertiary/aromatic N) is 2. The summed E-state index contributed by atoms with van der Waals surface area (Å²) in [4.78, 5) is 27.5. The molecule has 186 valence electrons. The number of imide groups is 1. The van der Waals surface area contributed by atoms with Crippen molar-refractivity contribution in [3.05, 3.63) is 106 Å². The molecule has 1 aliphatic heterocycles. The second kappa shape index (κ2) is 11.3. The molecule has 0 saturated carbocycles. The maximum Gasteiger partial charge on any atom is 0.271 e. The van der Waals surface area contributed by atoms with E-state index in [1.54, 1.807) is 69.7 Å². The van der Waals surface area contributed by atoms with Gasteiger partial charge in [-0.2, -0.15) is 5.26 Å². The summed E-state index contributed by atoms with van der Waals surface area (Å²) < 4.78 is 16.6. The molecular formula is C30H26N2O5. The number of nitriles is 1. The van der Waals surface area contributed by atoms with Gasteiger partial charge in [0, 0.05) is 5.57 Å². The van der Waals surface area contributed by atoms with Gasteiger partial charge in [0.2, 0.25) is 0 Å². The molecule has 0 aliphatic carbocycles. The zero-order chi connectivity index (χ0) is 26.4. The highest BCUT2D eigenvalue weighted by Gasteiger charge is 2.35. The van der Waals surface area contributed by atoms with E-state index in [1.807, 2.05) is 36.4 Å². The van der Waals surface area contributed by atoms with Gasteiger partial charge in [0.25, 0.3) is 11.8 Å². The van der Waals surface area contributed by atoms with E-state index in [-0.39, 0.29) is 17.7 Å². The topological polar surface area (TPSA) is 88.9 Å². The summed E-state index contributed by atoms with van der Waals surface area (Å²) in [6.07, 6.45) is 1.66. The van der Waals surface area contributed by atoms with Gasteiger partial charge >= 0.3 is 0 Å². The van der Waals surface area contributed by atoms with Gasteiger partial charge < -0.3 is 14.2 Å². The number of hydrogen-bond donors (Lipinski definition) is 0. The van der Waals surface area contributed by atoms with Gasteiger partial charge in [-0.1, -0.05) is 48.5 Å². The van der Waals surface area contributed by atoms with Crippen LogP contribution in [0, 0.1) is 11.3 Å². The zero-order valence-corrected chi connectivity index (χ0v) is 20.9. The highest BCUT2D eigenvalue weighted by Crippen LogP contribution is 2.32. The van der Waals surface area contributed by atoms with Crippen molar-refractivity contribution in [1.82, 2.24) is 4.90 Å². The van der Waals surface area contributed by atoms with Crippen LogP contribution in [-0.2, 0) is 22.7 Å². The predicted molar refractivity (Wildman–Crippen MR) is 139 cm³/mol. The minimum atomic E-state index is -0.611. The van der Waals surface area contributed by atoms with Crippen molar-refractivity contribution in [3.63, 3.8) is 0 Å². The zero-order valence-electron chi connectivity index (χ0n) is 20.9. The largest absolute Gasteiger partial charge is 0.497 e. The van der Waals surface area contributed by atoms with Crippen LogP contribution >= 0.6 is 0 Å². The molecule has 0 radical (unpaired) electrons. The average Bonchev–Trinajstić information content (AvgIpc) is 2.93. The summed E-state index contributed by atoms with van der Waals surface area (Å²) in [5.41, 5.74) is 2.98. The van der Waals surface area contributed by atoms with E-state index in [4.69, 9.17) is 14.2 Å². The second-order valence-electron chi connectivity index (χ2n) is 8.40. The molecule has 7 nitrogen and oxygen atoms in total. The van der Waals surface area contributed by atoms with Crippen LogP contribution in [0.2, 0.25) is 0 Å². The van der Waals surface area contributed by atoms with Crippen molar-refractivity contribution >= 4 is 17.9 Å². The molecule has 0 atom stereocenters. The summed E-state index contributed by atoms with van der Waals surface area (Å²) in [6.45, 7) is 2.03. The van der Waals surface area contributed by atoms with Crippen LogP contribution in [-0.4, -0.2) is 30.9 Å². The molecule has 3 aromatic carbocycles. The standard InChI is InChI=1S/C30H26N2O5/c1-20-25(15-23-11-14-27(28(16-23)36-3)37-19-22-7-5-4-6-8-22)29(33)32(30(34)26(20)17-31)18-21-9-12-24(35-2)13-10-21/h4-16H,18-19H2,1-3H3/b25-15+. The second-order valence-corrected chi connectivity index (χ2v) is 8.40. The Balaban J connectivity index is 1.63. The molecule has 4 rings (SSSR count). The van der Waals surface area contributed by atoms with E-state index in [9.17, 15) is 14.9 Å². The van der Waals surface area contributed by atoms with Crippen LogP contribution in [0.15, 0.2) is 89.5 Å². The summed E-state index contributed by atoms with van der Waals surface area (Å²) in [7, 11) is 3.11. The van der Waals surface area contributed by atoms with Crippen molar-refractivity contribution in [1.29, 1.82) is 5.26 Å². The molecule has 37 heavy (non-hydrogen) atoms. The number of hydrogen-bond acceptors (Lipinski definition) is 6. The fourth-order valence-electron chi connectivity index (χ4n) is 3.98. The van der Waals surface area contributed by atoms with Gasteiger partial charge in [0.1, 0.15) is 24.0 Å². The molecule has 0 N–H and O–H groups in total. The van der Waals surface area contributed by atoms with Crippen molar-refractivity contribution < 1.29 is 23.8 Å². The number of rotatable bonds is 8. The van der Waals surface area contributed by atoms with E-state index in [1.165, 1.54) is 0 Å². The third-order valence-corrected chi connectivity index (χ3v) is 6.06. The van der Waals surface area contributed by atoms with Gasteiger partial charge in [-0.05, 0) is 59.5 Å². The lowest BCUT2D eigenvalue weighted by atomic mass is 9.93. The quantitative estimate of drug-likeness (QED) is 0.321. The van der Waals surface area contributed by atoms with E-state index in [0.29, 0.717) is 35.0 Å². The van der Waals surface area contributed by atoms with E-state index >= 15 is 0 Å². The Morgan fingerprint density at radius 2 is 1.59 bits per heavy atom. The highest BCUT2D eigenvalue weighted by molar-refractivity contribution is 6.19. The Hall–Kier alpha value is -4.83. The third kappa shape index (κ3) is 5.54. The normalized spacial score (nSPS) is 14.5. The first-order valence-corrected chi connectivity index (χ1v) is 11.6. The molecule has 0 unspecified atom stereocenters. The van der Waals surface area contributed by atoms with Gasteiger partial charge in [-0.25, -0.2) is 0 Å². The Bertz CT molecular complexity index is 1420. The minimum absolute atomic E-state index is 0.0348. The molecule has 0 fully saturated rings. The van der Waals surface area contributed by atoms with Crippen LogP contribution in [0.4, 0.5) is 0 Å². The highest BCUT2D eigenvalue weighted by atomic mass is 16.5. The Morgan fingerprint density at radius 3 is 2.24 bits per heavy atom. The smallest absolute Gasteiger partial charge is 0.271 e. The van der Waals surface area contributed by atoms with Gasteiger partial charge in [0.05, 0.1) is 20.8 Å². The lowest BCUT2D eigenvalue weighted by molar-refractivity contribution is -0.141. The van der Waals surface area contributed by atoms with Crippen LogP contribution in [0.1, 0.15) is 23.6 Å². The number of methoxy groups -OCH3 is 2. The maximum absolute atomic E-state index is 13.4. The van der Waals surface area contributed by atoms with Crippen LogP contribution in [0.3, 0.4) is 0 Å². The average molecular weight is 495 g/mol. The number of ether oxygens (including phenoxy) is 3. The molecule has 2 amide bonds. The first-order chi connectivity index (χ1) is 17.9. The summed E-state index contributed by atoms with van der Waals surface area (Å²) >= 11 is 0. The number of carbonyl (C=O) groups is 2. The Kier molecular flexibility index (Phi) is 7.70. The molecule has 0 aromatic heterocycles. The summed E-state index contributed by atoms with van der Waals surface area (Å²) in [5.74, 6) is 0.645. The summed E-state index contributed by atoms with van der Waals surface area (Å²) in [5, 5.41) is 9.68. The molecule has 0 bridgehead atoms. The molecule has 3 aromatic rings. The molecule has 1 heterocycles. The first kappa shape index (κ1) is 25.3. The monoisotopic (exact) mass is 494 g/mol. The van der Waals surface area contributed by atoms with Gasteiger partial charge in [-0.3, -0.25) is 14.5 Å². The van der Waals surface area contributed by atoms with Crippen LogP contribution < -0.4 is 14.2 Å². The summed E-state index contributed by atoms with van der Waals surface area (Å²) in [6, 6.07) is 24.1. The van der Waals surface area contributed by atoms with E-state index in [0.717, 1.165) is 16.0 Å². The van der Waals surface area contributed by atoms with Gasteiger partial charge in [-0.15, -0.1) is 0 Å². The Morgan fingerprint density at radius 1 is 0.865 bits per heavy atom. The maximum atomic E-state index is 13.4. The Labute approximate surface area is 215 Å². The van der Waals surface area contributed by atoms with Crippen molar-refractivity contribution in [2.24, 2.45) is 0 Å². The lowest BCUT2D eigenvalue weighted by Gasteiger charge is -2.27. The molecule has 0 spiro atoms. The number of benzene rings is 3. The van der Waals surface area contributed by atoms with Crippen molar-refractivity contribution in [3.8, 4) is 23.3 Å². The first-order valence-electron chi connectivity index (χ1n) is 11.6. The number of carbonyl (C=O) groups excluding carboxylic acids is 2. The molecular weight excluding hydrogens is 468 g/mol. The number of amides is 2. The van der Waals surface area contributed by atoms with Crippen molar-refractivity contribution in [2.45, 2.75) is 20.1 Å². The SMILES string of the molecule is COc1ccc(CN2C(=O)C(C#N)=C(C)/C(=C\c3ccc(OCc4ccccc4)c(OC)c3)C2=O)cc1. The molecule has 1 aliphatic rings. The molecule has 0 saturated heterocycles. The fraction of sp³-hybridized carbons (Fsp3) is 0.167. The minimum Gasteiger partial charge on any atom is -0.497 e. The van der Waals surface area contributed by atoms with E-state index in [2.05, 4.69) is 0 Å². The van der Waals surface area contributed by atoms with Crippen LogP contribution in [0.5, 0.6) is 17.2 Å². The van der Waals surface area contributed by atoms with E-state index < -0.39 is 11.8 Å². The third-order valence-electron chi connectivity index (χ3n) is 6.06. The van der Waals surface area contributed by atoms with Gasteiger partial charge in [0.15, 0.2) is 11.5 Å². The molecule has 7 heteroatoms. The predicted octanol–water partition coefficient (Wildman–Crippen LogP) is 5.08. The van der Waals surface area contributed by atoms with Crippen LogP contribution in [0.25, 0.3) is 6.08 Å². The fourth-order valence-corrected chi connectivity index (χ4v) is 3.98. The lowest BCUT2D eigenvalue weighted by Crippen LogP contribution is -2.42.